The van der Waals surface area contributed by atoms with E-state index in [4.69, 9.17) is 11.6 Å². The Morgan fingerprint density at radius 2 is 1.94 bits per heavy atom. The number of anilines is 1. The summed E-state index contributed by atoms with van der Waals surface area (Å²) in [6.07, 6.45) is 1.03. The average Bonchev–Trinajstić information content (AvgIpc) is 2.18. The molecule has 0 saturated carbocycles. The van der Waals surface area contributed by atoms with Gasteiger partial charge >= 0.3 is 0 Å². The predicted octanol–water partition coefficient (Wildman–Crippen LogP) is 2.55. The number of hydrogen-bond acceptors (Lipinski definition) is 3. The Morgan fingerprint density at radius 1 is 1.35 bits per heavy atom. The topological polar surface area (TPSA) is 63.2 Å². The molecule has 94 valence electrons. The van der Waals surface area contributed by atoms with Crippen LogP contribution in [0.1, 0.15) is 24.2 Å². The lowest BCUT2D eigenvalue weighted by atomic mass is 10.0. The third-order valence-electron chi connectivity index (χ3n) is 2.08. The lowest BCUT2D eigenvalue weighted by Gasteiger charge is -2.11. The first kappa shape index (κ1) is 14.0. The molecule has 0 aromatic heterocycles. The van der Waals surface area contributed by atoms with Gasteiger partial charge in [0.2, 0.25) is 10.0 Å². The highest BCUT2D eigenvalue weighted by Gasteiger charge is 2.17. The van der Waals surface area contributed by atoms with Crippen LogP contribution in [-0.4, -0.2) is 20.5 Å². The van der Waals surface area contributed by atoms with Crippen molar-refractivity contribution < 1.29 is 13.2 Å². The second-order valence-corrected chi connectivity index (χ2v) is 6.19. The van der Waals surface area contributed by atoms with E-state index >= 15 is 0 Å². The first-order valence-corrected chi connectivity index (χ1v) is 7.30. The van der Waals surface area contributed by atoms with Gasteiger partial charge in [-0.3, -0.25) is 9.52 Å². The molecule has 1 aromatic rings. The number of carbonyl (C=O) groups excluding carboxylic acids is 1. The summed E-state index contributed by atoms with van der Waals surface area (Å²) in [4.78, 5) is 11.8. The summed E-state index contributed by atoms with van der Waals surface area (Å²) in [5.41, 5.74) is 0.552. The van der Waals surface area contributed by atoms with Crippen LogP contribution in [0.2, 0.25) is 5.02 Å². The molecule has 1 aromatic carbocycles. The van der Waals surface area contributed by atoms with E-state index in [0.29, 0.717) is 5.56 Å². The van der Waals surface area contributed by atoms with Gasteiger partial charge < -0.3 is 0 Å². The van der Waals surface area contributed by atoms with E-state index in [-0.39, 0.29) is 22.4 Å². The maximum Gasteiger partial charge on any atom is 0.229 e. The highest BCUT2D eigenvalue weighted by Crippen LogP contribution is 2.28. The van der Waals surface area contributed by atoms with Crippen molar-refractivity contribution in [1.82, 2.24) is 0 Å². The predicted molar refractivity (Wildman–Crippen MR) is 69.1 cm³/mol. The quantitative estimate of drug-likeness (QED) is 0.859. The van der Waals surface area contributed by atoms with E-state index in [0.717, 1.165) is 6.26 Å². The summed E-state index contributed by atoms with van der Waals surface area (Å²) in [7, 11) is -3.41. The third kappa shape index (κ3) is 3.71. The van der Waals surface area contributed by atoms with Gasteiger partial charge in [-0.2, -0.15) is 0 Å². The van der Waals surface area contributed by atoms with Gasteiger partial charge in [-0.15, -0.1) is 0 Å². The number of sulfonamides is 1. The van der Waals surface area contributed by atoms with Crippen molar-refractivity contribution in [1.29, 1.82) is 0 Å². The summed E-state index contributed by atoms with van der Waals surface area (Å²) in [6.45, 7) is 3.52. The van der Waals surface area contributed by atoms with Gasteiger partial charge in [-0.05, 0) is 12.1 Å². The van der Waals surface area contributed by atoms with E-state index in [1.54, 1.807) is 26.0 Å². The van der Waals surface area contributed by atoms with Gasteiger partial charge in [0.25, 0.3) is 0 Å². The van der Waals surface area contributed by atoms with Crippen LogP contribution in [-0.2, 0) is 10.0 Å². The normalized spacial score (nSPS) is 11.6. The molecule has 0 bridgehead atoms. The molecular formula is C11H14ClNO3S. The Morgan fingerprint density at radius 3 is 2.41 bits per heavy atom. The molecule has 0 aliphatic rings. The van der Waals surface area contributed by atoms with Crippen LogP contribution in [0.3, 0.4) is 0 Å². The number of halogens is 1. The molecule has 0 radical (unpaired) electrons. The van der Waals surface area contributed by atoms with E-state index in [1.807, 2.05) is 0 Å². The summed E-state index contributed by atoms with van der Waals surface area (Å²) in [5, 5.41) is 0.136. The van der Waals surface area contributed by atoms with Gasteiger partial charge in [0, 0.05) is 11.5 Å². The Labute approximate surface area is 106 Å². The zero-order valence-corrected chi connectivity index (χ0v) is 11.4. The third-order valence-corrected chi connectivity index (χ3v) is 3.08. The molecule has 1 N–H and O–H groups in total. The summed E-state index contributed by atoms with van der Waals surface area (Å²) in [6, 6.07) is 4.69. The standard InChI is InChI=1S/C11H14ClNO3S/c1-7(2)11(14)8-5-4-6-9(10(8)12)13-17(3,15)16/h4-7,13H,1-3H3. The Kier molecular flexibility index (Phi) is 4.16. The number of rotatable bonds is 4. The Hall–Kier alpha value is -1.07. The molecule has 0 unspecified atom stereocenters. The largest absolute Gasteiger partial charge is 0.294 e. The first-order chi connectivity index (χ1) is 7.72. The lowest BCUT2D eigenvalue weighted by Crippen LogP contribution is -2.13. The van der Waals surface area contributed by atoms with Crippen LogP contribution < -0.4 is 4.72 Å². The number of nitrogens with one attached hydrogen (secondary N) is 1. The fourth-order valence-corrected chi connectivity index (χ4v) is 2.20. The van der Waals surface area contributed by atoms with Crippen LogP contribution in [0.15, 0.2) is 18.2 Å². The monoisotopic (exact) mass is 275 g/mol. The van der Waals surface area contributed by atoms with Crippen LogP contribution in [0.25, 0.3) is 0 Å². The highest BCUT2D eigenvalue weighted by atomic mass is 35.5. The summed E-state index contributed by atoms with van der Waals surface area (Å²) in [5.74, 6) is -0.312. The van der Waals surface area contributed by atoms with E-state index in [9.17, 15) is 13.2 Å². The lowest BCUT2D eigenvalue weighted by molar-refractivity contribution is 0.0939. The molecule has 0 atom stereocenters. The molecule has 0 spiro atoms. The number of Topliss-reactive ketones (excluding diaryl/α,β-unsaturated/α-hetero) is 1. The van der Waals surface area contributed by atoms with Gasteiger partial charge in [-0.25, -0.2) is 8.42 Å². The minimum atomic E-state index is -3.41. The van der Waals surface area contributed by atoms with Crippen molar-refractivity contribution in [2.75, 3.05) is 11.0 Å². The van der Waals surface area contributed by atoms with Crippen molar-refractivity contribution in [2.45, 2.75) is 13.8 Å². The maximum atomic E-state index is 11.8. The molecule has 0 amide bonds. The molecule has 17 heavy (non-hydrogen) atoms. The molecule has 0 heterocycles. The van der Waals surface area contributed by atoms with Crippen molar-refractivity contribution in [3.05, 3.63) is 28.8 Å². The summed E-state index contributed by atoms with van der Waals surface area (Å²) < 4.78 is 24.5. The van der Waals surface area contributed by atoms with Crippen LogP contribution in [0.5, 0.6) is 0 Å². The van der Waals surface area contributed by atoms with Gasteiger partial charge in [0.1, 0.15) is 0 Å². The molecule has 0 fully saturated rings. The second-order valence-electron chi connectivity index (χ2n) is 4.06. The number of carbonyl (C=O) groups is 1. The summed E-state index contributed by atoms with van der Waals surface area (Å²) >= 11 is 6.01. The van der Waals surface area contributed by atoms with Crippen LogP contribution >= 0.6 is 11.6 Å². The van der Waals surface area contributed by atoms with Gasteiger partial charge in [-0.1, -0.05) is 31.5 Å². The van der Waals surface area contributed by atoms with E-state index in [1.165, 1.54) is 6.07 Å². The average molecular weight is 276 g/mol. The van der Waals surface area contributed by atoms with E-state index < -0.39 is 10.0 Å². The smallest absolute Gasteiger partial charge is 0.229 e. The minimum Gasteiger partial charge on any atom is -0.294 e. The van der Waals surface area contributed by atoms with Crippen molar-refractivity contribution in [3.8, 4) is 0 Å². The Balaban J connectivity index is 3.21. The van der Waals surface area contributed by atoms with Crippen molar-refractivity contribution in [2.24, 2.45) is 5.92 Å². The highest BCUT2D eigenvalue weighted by molar-refractivity contribution is 7.92. The van der Waals surface area contributed by atoms with Gasteiger partial charge in [0.15, 0.2) is 5.78 Å². The second kappa shape index (κ2) is 5.06. The maximum absolute atomic E-state index is 11.8. The van der Waals surface area contributed by atoms with E-state index in [2.05, 4.69) is 4.72 Å². The molecule has 1 rings (SSSR count). The number of hydrogen-bond donors (Lipinski definition) is 1. The molecule has 0 aliphatic carbocycles. The zero-order valence-electron chi connectivity index (χ0n) is 9.82. The van der Waals surface area contributed by atoms with Crippen molar-refractivity contribution >= 4 is 33.1 Å². The molecule has 6 heteroatoms. The number of benzene rings is 1. The van der Waals surface area contributed by atoms with Crippen LogP contribution in [0.4, 0.5) is 5.69 Å². The van der Waals surface area contributed by atoms with Crippen LogP contribution in [0, 0.1) is 5.92 Å². The fraction of sp³-hybridized carbons (Fsp3) is 0.364. The fourth-order valence-electron chi connectivity index (χ4n) is 1.31. The Bertz CT molecular complexity index is 538. The zero-order chi connectivity index (χ0) is 13.2. The van der Waals surface area contributed by atoms with Crippen molar-refractivity contribution in [3.63, 3.8) is 0 Å². The molecule has 0 saturated heterocycles. The first-order valence-electron chi connectivity index (χ1n) is 5.03. The molecular weight excluding hydrogens is 262 g/mol. The number of ketones is 1. The van der Waals surface area contributed by atoms with Gasteiger partial charge in [0.05, 0.1) is 17.0 Å². The molecule has 0 aliphatic heterocycles. The molecule has 4 nitrogen and oxygen atoms in total. The minimum absolute atomic E-state index is 0.118. The SMILES string of the molecule is CC(C)C(=O)c1cccc(NS(C)(=O)=O)c1Cl.